The number of ether oxygens (including phenoxy) is 1. The SMILES string of the molecule is COc1cccc(NCCc2nc(-c3ccc(N)cc3)n[nH]2)c1. The topological polar surface area (TPSA) is 88.8 Å². The van der Waals surface area contributed by atoms with Crippen molar-refractivity contribution in [1.82, 2.24) is 15.2 Å². The Kier molecular flexibility index (Phi) is 4.42. The van der Waals surface area contributed by atoms with Crippen molar-refractivity contribution in [2.75, 3.05) is 24.7 Å². The number of aromatic amines is 1. The Morgan fingerprint density at radius 1 is 1.17 bits per heavy atom. The number of aromatic nitrogens is 3. The molecule has 0 atom stereocenters. The number of benzene rings is 2. The summed E-state index contributed by atoms with van der Waals surface area (Å²) in [6.45, 7) is 0.754. The van der Waals surface area contributed by atoms with Crippen LogP contribution in [0.15, 0.2) is 48.5 Å². The molecular formula is C17H19N5O. The van der Waals surface area contributed by atoms with Crippen LogP contribution in [0.25, 0.3) is 11.4 Å². The first-order valence-corrected chi connectivity index (χ1v) is 7.40. The van der Waals surface area contributed by atoms with E-state index >= 15 is 0 Å². The molecule has 3 rings (SSSR count). The number of nitrogens with one attached hydrogen (secondary N) is 2. The zero-order valence-electron chi connectivity index (χ0n) is 12.9. The summed E-state index contributed by atoms with van der Waals surface area (Å²) in [5, 5.41) is 10.6. The van der Waals surface area contributed by atoms with Crippen LogP contribution in [0.5, 0.6) is 5.75 Å². The van der Waals surface area contributed by atoms with Crippen LogP contribution in [0, 0.1) is 0 Å². The number of methoxy groups -OCH3 is 1. The maximum absolute atomic E-state index is 5.69. The monoisotopic (exact) mass is 309 g/mol. The van der Waals surface area contributed by atoms with E-state index in [4.69, 9.17) is 10.5 Å². The lowest BCUT2D eigenvalue weighted by atomic mass is 10.2. The van der Waals surface area contributed by atoms with Gasteiger partial charge in [-0.1, -0.05) is 6.07 Å². The molecule has 0 spiro atoms. The third-order valence-corrected chi connectivity index (χ3v) is 3.46. The lowest BCUT2D eigenvalue weighted by Crippen LogP contribution is -2.06. The van der Waals surface area contributed by atoms with Crippen molar-refractivity contribution in [3.8, 4) is 17.1 Å². The molecular weight excluding hydrogens is 290 g/mol. The van der Waals surface area contributed by atoms with Gasteiger partial charge in [-0.15, -0.1) is 0 Å². The molecule has 6 nitrogen and oxygen atoms in total. The fourth-order valence-corrected chi connectivity index (χ4v) is 2.23. The minimum Gasteiger partial charge on any atom is -0.497 e. The molecule has 0 amide bonds. The maximum atomic E-state index is 5.69. The second kappa shape index (κ2) is 6.83. The lowest BCUT2D eigenvalue weighted by Gasteiger charge is -2.06. The normalized spacial score (nSPS) is 10.5. The molecule has 0 unspecified atom stereocenters. The number of rotatable bonds is 6. The summed E-state index contributed by atoms with van der Waals surface area (Å²) in [5.41, 5.74) is 8.38. The molecule has 0 aliphatic rings. The minimum atomic E-state index is 0.682. The Labute approximate surface area is 134 Å². The smallest absolute Gasteiger partial charge is 0.181 e. The molecule has 4 N–H and O–H groups in total. The largest absolute Gasteiger partial charge is 0.497 e. The van der Waals surface area contributed by atoms with Crippen LogP contribution in [-0.2, 0) is 6.42 Å². The number of H-pyrrole nitrogens is 1. The molecule has 1 heterocycles. The van der Waals surface area contributed by atoms with E-state index in [1.54, 1.807) is 7.11 Å². The lowest BCUT2D eigenvalue weighted by molar-refractivity contribution is 0.415. The highest BCUT2D eigenvalue weighted by atomic mass is 16.5. The van der Waals surface area contributed by atoms with Gasteiger partial charge in [0, 0.05) is 36.0 Å². The molecule has 118 valence electrons. The van der Waals surface area contributed by atoms with Crippen molar-refractivity contribution >= 4 is 11.4 Å². The molecule has 0 aliphatic carbocycles. The van der Waals surface area contributed by atoms with E-state index < -0.39 is 0 Å². The van der Waals surface area contributed by atoms with E-state index in [0.717, 1.165) is 41.5 Å². The van der Waals surface area contributed by atoms with Crippen molar-refractivity contribution in [1.29, 1.82) is 0 Å². The second-order valence-electron chi connectivity index (χ2n) is 5.14. The van der Waals surface area contributed by atoms with Crippen LogP contribution in [0.1, 0.15) is 5.82 Å². The van der Waals surface area contributed by atoms with Crippen LogP contribution >= 0.6 is 0 Å². The number of anilines is 2. The first-order valence-electron chi connectivity index (χ1n) is 7.40. The van der Waals surface area contributed by atoms with Gasteiger partial charge in [0.1, 0.15) is 11.6 Å². The number of nitrogens with two attached hydrogens (primary N) is 1. The van der Waals surface area contributed by atoms with Gasteiger partial charge in [0.25, 0.3) is 0 Å². The Morgan fingerprint density at radius 3 is 2.78 bits per heavy atom. The highest BCUT2D eigenvalue weighted by molar-refractivity contribution is 5.58. The quantitative estimate of drug-likeness (QED) is 0.609. The predicted octanol–water partition coefficient (Wildman–Crippen LogP) is 2.72. The number of nitrogen functional groups attached to an aromatic ring is 1. The maximum Gasteiger partial charge on any atom is 0.181 e. The highest BCUT2D eigenvalue weighted by Gasteiger charge is 2.05. The third kappa shape index (κ3) is 3.79. The van der Waals surface area contributed by atoms with Crippen molar-refractivity contribution in [2.24, 2.45) is 0 Å². The summed E-state index contributed by atoms with van der Waals surface area (Å²) in [7, 11) is 1.66. The van der Waals surface area contributed by atoms with E-state index in [0.29, 0.717) is 5.82 Å². The second-order valence-corrected chi connectivity index (χ2v) is 5.14. The molecule has 0 saturated carbocycles. The van der Waals surface area contributed by atoms with E-state index in [1.165, 1.54) is 0 Å². The molecule has 1 aromatic heterocycles. The van der Waals surface area contributed by atoms with Crippen LogP contribution in [0.2, 0.25) is 0 Å². The van der Waals surface area contributed by atoms with Gasteiger partial charge >= 0.3 is 0 Å². The minimum absolute atomic E-state index is 0.682. The van der Waals surface area contributed by atoms with Gasteiger partial charge < -0.3 is 15.8 Å². The molecule has 2 aromatic carbocycles. The molecule has 0 saturated heterocycles. The van der Waals surface area contributed by atoms with Gasteiger partial charge in [-0.3, -0.25) is 5.10 Å². The summed E-state index contributed by atoms with van der Waals surface area (Å²) in [5.74, 6) is 2.36. The highest BCUT2D eigenvalue weighted by Crippen LogP contribution is 2.18. The van der Waals surface area contributed by atoms with Gasteiger partial charge in [0.05, 0.1) is 7.11 Å². The molecule has 3 aromatic rings. The Bertz CT molecular complexity index is 767. The fraction of sp³-hybridized carbons (Fsp3) is 0.176. The average molecular weight is 309 g/mol. The van der Waals surface area contributed by atoms with Crippen molar-refractivity contribution in [3.63, 3.8) is 0 Å². The van der Waals surface area contributed by atoms with Gasteiger partial charge in [-0.05, 0) is 36.4 Å². The average Bonchev–Trinajstić information content (AvgIpc) is 3.04. The van der Waals surface area contributed by atoms with Crippen molar-refractivity contribution < 1.29 is 4.74 Å². The van der Waals surface area contributed by atoms with Crippen LogP contribution in [0.4, 0.5) is 11.4 Å². The molecule has 23 heavy (non-hydrogen) atoms. The number of hydrogen-bond donors (Lipinski definition) is 3. The Morgan fingerprint density at radius 2 is 2.00 bits per heavy atom. The predicted molar refractivity (Wildman–Crippen MR) is 91.4 cm³/mol. The zero-order chi connectivity index (χ0) is 16.1. The molecule has 0 fully saturated rings. The summed E-state index contributed by atoms with van der Waals surface area (Å²) in [6, 6.07) is 15.3. The number of hydrogen-bond acceptors (Lipinski definition) is 5. The first kappa shape index (κ1) is 14.9. The first-order chi connectivity index (χ1) is 11.2. The van der Waals surface area contributed by atoms with Crippen LogP contribution < -0.4 is 15.8 Å². The van der Waals surface area contributed by atoms with E-state index in [-0.39, 0.29) is 0 Å². The van der Waals surface area contributed by atoms with E-state index in [2.05, 4.69) is 20.5 Å². The van der Waals surface area contributed by atoms with E-state index in [9.17, 15) is 0 Å². The summed E-state index contributed by atoms with van der Waals surface area (Å²) < 4.78 is 5.20. The van der Waals surface area contributed by atoms with Gasteiger partial charge in [-0.2, -0.15) is 5.10 Å². The summed E-state index contributed by atoms with van der Waals surface area (Å²) in [4.78, 5) is 4.50. The van der Waals surface area contributed by atoms with Crippen molar-refractivity contribution in [3.05, 3.63) is 54.4 Å². The summed E-state index contributed by atoms with van der Waals surface area (Å²) in [6.07, 6.45) is 0.749. The van der Waals surface area contributed by atoms with Crippen LogP contribution in [0.3, 0.4) is 0 Å². The third-order valence-electron chi connectivity index (χ3n) is 3.46. The van der Waals surface area contributed by atoms with Crippen molar-refractivity contribution in [2.45, 2.75) is 6.42 Å². The standard InChI is InChI=1S/C17H19N5O/c1-23-15-4-2-3-14(11-15)19-10-9-16-20-17(22-21-16)12-5-7-13(18)8-6-12/h2-8,11,19H,9-10,18H2,1H3,(H,20,21,22). The zero-order valence-corrected chi connectivity index (χ0v) is 12.9. The van der Waals surface area contributed by atoms with Crippen LogP contribution in [-0.4, -0.2) is 28.8 Å². The van der Waals surface area contributed by atoms with E-state index in [1.807, 2.05) is 48.5 Å². The molecule has 0 bridgehead atoms. The van der Waals surface area contributed by atoms with Gasteiger partial charge in [-0.25, -0.2) is 4.98 Å². The summed E-state index contributed by atoms with van der Waals surface area (Å²) >= 11 is 0. The number of nitrogens with zero attached hydrogens (tertiary/aromatic N) is 2. The Balaban J connectivity index is 1.58. The van der Waals surface area contributed by atoms with Gasteiger partial charge in [0.2, 0.25) is 0 Å². The fourth-order valence-electron chi connectivity index (χ4n) is 2.23. The molecule has 0 aliphatic heterocycles. The Hall–Kier alpha value is -3.02. The van der Waals surface area contributed by atoms with Gasteiger partial charge in [0.15, 0.2) is 5.82 Å². The molecule has 0 radical (unpaired) electrons. The molecule has 6 heteroatoms.